The lowest BCUT2D eigenvalue weighted by atomic mass is 9.95. The van der Waals surface area contributed by atoms with Crippen molar-refractivity contribution in [3.63, 3.8) is 0 Å². The molecule has 0 N–H and O–H groups in total. The monoisotopic (exact) mass is 436 g/mol. The number of aromatic nitrogens is 2. The highest BCUT2D eigenvalue weighted by molar-refractivity contribution is 5.79. The minimum atomic E-state index is 0.217. The number of hydrogen-bond donors (Lipinski definition) is 0. The number of nitrogens with zero attached hydrogens (tertiary/aromatic N) is 4. The zero-order chi connectivity index (χ0) is 22.5. The van der Waals surface area contributed by atoms with E-state index in [0.29, 0.717) is 12.3 Å². The summed E-state index contributed by atoms with van der Waals surface area (Å²) in [7, 11) is 1.71. The van der Waals surface area contributed by atoms with Gasteiger partial charge in [0.2, 0.25) is 5.91 Å². The zero-order valence-electron chi connectivity index (χ0n) is 19.8. The van der Waals surface area contributed by atoms with Gasteiger partial charge in [0.05, 0.1) is 13.5 Å². The molecule has 0 saturated carbocycles. The second-order valence-corrected chi connectivity index (χ2v) is 9.28. The number of rotatable bonds is 6. The Balaban J connectivity index is 1.43. The fourth-order valence-electron chi connectivity index (χ4n) is 5.05. The van der Waals surface area contributed by atoms with Crippen molar-refractivity contribution in [2.45, 2.75) is 64.8 Å². The number of carbonyl (C=O) groups is 1. The third-order valence-electron chi connectivity index (χ3n) is 6.89. The SMILES string of the molecule is COc1cccc(CN2CCCC(c3nc(C)c(CC(=O)N4CCCCC4)c(C)n3)C2)c1. The van der Waals surface area contributed by atoms with E-state index in [1.54, 1.807) is 7.11 Å². The first-order chi connectivity index (χ1) is 15.5. The molecule has 0 aliphatic carbocycles. The van der Waals surface area contributed by atoms with Crippen molar-refractivity contribution in [3.8, 4) is 5.75 Å². The van der Waals surface area contributed by atoms with E-state index < -0.39 is 0 Å². The van der Waals surface area contributed by atoms with Crippen molar-refractivity contribution in [1.82, 2.24) is 19.8 Å². The molecular formula is C26H36N4O2. The third kappa shape index (κ3) is 5.47. The average molecular weight is 437 g/mol. The molecule has 172 valence electrons. The fourth-order valence-corrected chi connectivity index (χ4v) is 5.05. The molecule has 1 amide bonds. The molecular weight excluding hydrogens is 400 g/mol. The molecule has 3 heterocycles. The van der Waals surface area contributed by atoms with Crippen molar-refractivity contribution in [1.29, 1.82) is 0 Å². The van der Waals surface area contributed by atoms with E-state index >= 15 is 0 Å². The minimum Gasteiger partial charge on any atom is -0.497 e. The highest BCUT2D eigenvalue weighted by Gasteiger charge is 2.26. The van der Waals surface area contributed by atoms with Gasteiger partial charge in [-0.2, -0.15) is 0 Å². The van der Waals surface area contributed by atoms with Crippen LogP contribution < -0.4 is 4.74 Å². The maximum atomic E-state index is 12.8. The van der Waals surface area contributed by atoms with Gasteiger partial charge < -0.3 is 9.64 Å². The van der Waals surface area contributed by atoms with Crippen LogP contribution >= 0.6 is 0 Å². The summed E-state index contributed by atoms with van der Waals surface area (Å²) >= 11 is 0. The molecule has 2 fully saturated rings. The van der Waals surface area contributed by atoms with Gasteiger partial charge in [-0.1, -0.05) is 12.1 Å². The summed E-state index contributed by atoms with van der Waals surface area (Å²) in [6, 6.07) is 8.31. The molecule has 2 saturated heterocycles. The van der Waals surface area contributed by atoms with E-state index in [0.717, 1.165) is 86.9 Å². The quantitative estimate of drug-likeness (QED) is 0.684. The number of ether oxygens (including phenoxy) is 1. The van der Waals surface area contributed by atoms with Gasteiger partial charge >= 0.3 is 0 Å². The molecule has 4 rings (SSSR count). The van der Waals surface area contributed by atoms with Crippen LogP contribution in [0.15, 0.2) is 24.3 Å². The van der Waals surface area contributed by atoms with Crippen LogP contribution in [-0.2, 0) is 17.8 Å². The Morgan fingerprint density at radius 2 is 1.81 bits per heavy atom. The first-order valence-corrected chi connectivity index (χ1v) is 12.0. The molecule has 0 bridgehead atoms. The summed E-state index contributed by atoms with van der Waals surface area (Å²) in [6.07, 6.45) is 6.14. The van der Waals surface area contributed by atoms with Crippen LogP contribution in [0.25, 0.3) is 0 Å². The van der Waals surface area contributed by atoms with Gasteiger partial charge in [0.1, 0.15) is 11.6 Å². The van der Waals surface area contributed by atoms with Gasteiger partial charge in [-0.3, -0.25) is 9.69 Å². The fraction of sp³-hybridized carbons (Fsp3) is 0.577. The molecule has 2 aliphatic rings. The maximum absolute atomic E-state index is 12.8. The lowest BCUT2D eigenvalue weighted by molar-refractivity contribution is -0.131. The molecule has 2 aromatic rings. The maximum Gasteiger partial charge on any atom is 0.227 e. The van der Waals surface area contributed by atoms with Crippen molar-refractivity contribution in [2.75, 3.05) is 33.3 Å². The zero-order valence-corrected chi connectivity index (χ0v) is 19.8. The molecule has 6 nitrogen and oxygen atoms in total. The minimum absolute atomic E-state index is 0.217. The second kappa shape index (κ2) is 10.4. The largest absolute Gasteiger partial charge is 0.497 e. The van der Waals surface area contributed by atoms with Crippen LogP contribution in [0.4, 0.5) is 0 Å². The van der Waals surface area contributed by atoms with E-state index in [9.17, 15) is 4.79 Å². The number of aryl methyl sites for hydroxylation is 2. The number of amides is 1. The van der Waals surface area contributed by atoms with E-state index in [1.807, 2.05) is 24.8 Å². The number of hydrogen-bond acceptors (Lipinski definition) is 5. The Morgan fingerprint density at radius 3 is 2.53 bits per heavy atom. The smallest absolute Gasteiger partial charge is 0.227 e. The van der Waals surface area contributed by atoms with Gasteiger partial charge in [0, 0.05) is 49.0 Å². The predicted octanol–water partition coefficient (Wildman–Crippen LogP) is 4.04. The van der Waals surface area contributed by atoms with E-state index in [-0.39, 0.29) is 5.91 Å². The van der Waals surface area contributed by atoms with Crippen molar-refractivity contribution < 1.29 is 9.53 Å². The van der Waals surface area contributed by atoms with Crippen molar-refractivity contribution in [3.05, 3.63) is 52.6 Å². The summed E-state index contributed by atoms with van der Waals surface area (Å²) in [5.41, 5.74) is 4.20. The number of likely N-dealkylation sites (tertiary alicyclic amines) is 2. The summed E-state index contributed by atoms with van der Waals surface area (Å²) in [6.45, 7) is 8.81. The Kier molecular flexibility index (Phi) is 7.40. The summed E-state index contributed by atoms with van der Waals surface area (Å²) < 4.78 is 5.37. The highest BCUT2D eigenvalue weighted by atomic mass is 16.5. The molecule has 32 heavy (non-hydrogen) atoms. The van der Waals surface area contributed by atoms with E-state index in [4.69, 9.17) is 14.7 Å². The van der Waals surface area contributed by atoms with Crippen LogP contribution in [-0.4, -0.2) is 59.0 Å². The standard InChI is InChI=1S/C26H36N4O2/c1-19-24(16-25(31)30-13-5-4-6-14-30)20(2)28-26(27-19)22-10-8-12-29(18-22)17-21-9-7-11-23(15-21)32-3/h7,9,11,15,22H,4-6,8,10,12-14,16-18H2,1-3H3. The van der Waals surface area contributed by atoms with E-state index in [1.165, 1.54) is 12.0 Å². The Morgan fingerprint density at radius 1 is 1.06 bits per heavy atom. The van der Waals surface area contributed by atoms with Gasteiger partial charge in [-0.15, -0.1) is 0 Å². The molecule has 1 aromatic heterocycles. The number of methoxy groups -OCH3 is 1. The number of benzene rings is 1. The van der Waals surface area contributed by atoms with E-state index in [2.05, 4.69) is 23.1 Å². The number of piperidine rings is 2. The topological polar surface area (TPSA) is 58.6 Å². The first kappa shape index (κ1) is 22.7. The Hall–Kier alpha value is -2.47. The lowest BCUT2D eigenvalue weighted by Crippen LogP contribution is -2.37. The Bertz CT molecular complexity index is 916. The van der Waals surface area contributed by atoms with Gasteiger partial charge in [0.15, 0.2) is 0 Å². The highest BCUT2D eigenvalue weighted by Crippen LogP contribution is 2.27. The lowest BCUT2D eigenvalue weighted by Gasteiger charge is -2.32. The van der Waals surface area contributed by atoms with Gasteiger partial charge in [-0.25, -0.2) is 9.97 Å². The normalized spacial score (nSPS) is 19.7. The first-order valence-electron chi connectivity index (χ1n) is 12.0. The van der Waals surface area contributed by atoms with Gasteiger partial charge in [-0.05, 0) is 70.2 Å². The van der Waals surface area contributed by atoms with Crippen molar-refractivity contribution >= 4 is 5.91 Å². The van der Waals surface area contributed by atoms with Crippen LogP contribution in [0, 0.1) is 13.8 Å². The van der Waals surface area contributed by atoms with Crippen LogP contribution in [0.1, 0.15) is 66.4 Å². The molecule has 6 heteroatoms. The van der Waals surface area contributed by atoms with Crippen LogP contribution in [0.5, 0.6) is 5.75 Å². The summed E-state index contributed by atoms with van der Waals surface area (Å²) in [4.78, 5) is 27.1. The third-order valence-corrected chi connectivity index (χ3v) is 6.89. The molecule has 0 spiro atoms. The molecule has 2 aliphatic heterocycles. The molecule has 1 unspecified atom stereocenters. The average Bonchev–Trinajstić information content (AvgIpc) is 2.82. The summed E-state index contributed by atoms with van der Waals surface area (Å²) in [5, 5.41) is 0. The molecule has 1 atom stereocenters. The summed E-state index contributed by atoms with van der Waals surface area (Å²) in [5.74, 6) is 2.39. The van der Waals surface area contributed by atoms with Crippen LogP contribution in [0.3, 0.4) is 0 Å². The Labute approximate surface area is 192 Å². The molecule has 0 radical (unpaired) electrons. The second-order valence-electron chi connectivity index (χ2n) is 9.28. The van der Waals surface area contributed by atoms with Crippen LogP contribution in [0.2, 0.25) is 0 Å². The predicted molar refractivity (Wildman–Crippen MR) is 126 cm³/mol. The van der Waals surface area contributed by atoms with Crippen molar-refractivity contribution in [2.24, 2.45) is 0 Å². The van der Waals surface area contributed by atoms with Gasteiger partial charge in [0.25, 0.3) is 0 Å². The number of carbonyl (C=O) groups excluding carboxylic acids is 1. The molecule has 1 aromatic carbocycles.